The van der Waals surface area contributed by atoms with E-state index in [1.807, 2.05) is 6.92 Å². The molecule has 0 spiro atoms. The molecule has 6 nitrogen and oxygen atoms in total. The third-order valence-electron chi connectivity index (χ3n) is 1.56. The summed E-state index contributed by atoms with van der Waals surface area (Å²) in [6.45, 7) is 8.14. The normalized spacial score (nSPS) is 10.4. The van der Waals surface area contributed by atoms with Crippen molar-refractivity contribution in [1.82, 2.24) is 0 Å². The SMILES string of the molecule is C=CC(=O)OCC(O)CC.C=CC(=O)OCCO. The molecule has 0 bridgehead atoms. The second-order valence-corrected chi connectivity index (χ2v) is 2.99. The molecule has 0 aliphatic heterocycles. The molecule has 0 amide bonds. The van der Waals surface area contributed by atoms with E-state index < -0.39 is 18.0 Å². The Morgan fingerprint density at radius 3 is 2.11 bits per heavy atom. The summed E-state index contributed by atoms with van der Waals surface area (Å²) in [5.74, 6) is -0.994. The Morgan fingerprint density at radius 2 is 1.72 bits per heavy atom. The van der Waals surface area contributed by atoms with Crippen LogP contribution in [0.2, 0.25) is 0 Å². The average molecular weight is 260 g/mol. The lowest BCUT2D eigenvalue weighted by Crippen LogP contribution is -2.16. The van der Waals surface area contributed by atoms with E-state index in [0.717, 1.165) is 12.2 Å². The lowest BCUT2D eigenvalue weighted by molar-refractivity contribution is -0.140. The number of aliphatic hydroxyl groups excluding tert-OH is 2. The molecule has 0 heterocycles. The zero-order chi connectivity index (χ0) is 14.4. The van der Waals surface area contributed by atoms with Gasteiger partial charge < -0.3 is 19.7 Å². The molecule has 0 rings (SSSR count). The Kier molecular flexibility index (Phi) is 13.9. The zero-order valence-corrected chi connectivity index (χ0v) is 10.5. The van der Waals surface area contributed by atoms with Crippen molar-refractivity contribution in [1.29, 1.82) is 0 Å². The second kappa shape index (κ2) is 13.4. The molecule has 0 fully saturated rings. The molecule has 2 N–H and O–H groups in total. The average Bonchev–Trinajstić information content (AvgIpc) is 2.41. The van der Waals surface area contributed by atoms with Crippen LogP contribution in [0.1, 0.15) is 13.3 Å². The van der Waals surface area contributed by atoms with E-state index in [2.05, 4.69) is 22.6 Å². The Morgan fingerprint density at radius 1 is 1.22 bits per heavy atom. The maximum absolute atomic E-state index is 10.4. The fourth-order valence-corrected chi connectivity index (χ4v) is 0.560. The number of carbonyl (C=O) groups excluding carboxylic acids is 2. The molecule has 1 unspecified atom stereocenters. The van der Waals surface area contributed by atoms with E-state index in [-0.39, 0.29) is 19.8 Å². The standard InChI is InChI=1S/C7H12O3.C5H8O3/c1-3-6(8)5-10-7(9)4-2;1-2-5(7)8-4-3-6/h4,6,8H,2-3,5H2,1H3;2,6H,1,3-4H2. The molecule has 0 saturated heterocycles. The summed E-state index contributed by atoms with van der Waals surface area (Å²) < 4.78 is 8.87. The highest BCUT2D eigenvalue weighted by atomic mass is 16.5. The molecule has 18 heavy (non-hydrogen) atoms. The minimum Gasteiger partial charge on any atom is -0.460 e. The van der Waals surface area contributed by atoms with E-state index in [9.17, 15) is 9.59 Å². The first-order valence-corrected chi connectivity index (χ1v) is 5.39. The van der Waals surface area contributed by atoms with Crippen LogP contribution in [0.5, 0.6) is 0 Å². The molecule has 1 atom stereocenters. The van der Waals surface area contributed by atoms with Crippen molar-refractivity contribution in [3.63, 3.8) is 0 Å². The molecule has 0 radical (unpaired) electrons. The first-order chi connectivity index (χ1) is 8.51. The van der Waals surface area contributed by atoms with Gasteiger partial charge in [-0.2, -0.15) is 0 Å². The van der Waals surface area contributed by atoms with Gasteiger partial charge >= 0.3 is 11.9 Å². The number of hydrogen-bond donors (Lipinski definition) is 2. The van der Waals surface area contributed by atoms with Crippen molar-refractivity contribution < 1.29 is 29.3 Å². The molecule has 0 aromatic rings. The van der Waals surface area contributed by atoms with Crippen LogP contribution in [0.4, 0.5) is 0 Å². The van der Waals surface area contributed by atoms with Crippen LogP contribution in [-0.2, 0) is 19.1 Å². The van der Waals surface area contributed by atoms with Gasteiger partial charge in [0.2, 0.25) is 0 Å². The molecule has 0 aliphatic rings. The number of rotatable bonds is 7. The van der Waals surface area contributed by atoms with Crippen LogP contribution in [0.15, 0.2) is 25.3 Å². The molecule has 0 aromatic carbocycles. The first-order valence-electron chi connectivity index (χ1n) is 5.39. The summed E-state index contributed by atoms with van der Waals surface area (Å²) in [7, 11) is 0. The highest BCUT2D eigenvalue weighted by Crippen LogP contribution is 1.90. The Balaban J connectivity index is 0. The summed E-state index contributed by atoms with van der Waals surface area (Å²) in [5, 5.41) is 17.0. The minimum atomic E-state index is -0.552. The van der Waals surface area contributed by atoms with Crippen molar-refractivity contribution in [2.45, 2.75) is 19.4 Å². The molecule has 0 aliphatic carbocycles. The van der Waals surface area contributed by atoms with Crippen molar-refractivity contribution in [2.24, 2.45) is 0 Å². The van der Waals surface area contributed by atoms with Gasteiger partial charge in [-0.05, 0) is 6.42 Å². The lowest BCUT2D eigenvalue weighted by Gasteiger charge is -2.05. The van der Waals surface area contributed by atoms with Crippen molar-refractivity contribution in [2.75, 3.05) is 19.8 Å². The van der Waals surface area contributed by atoms with Gasteiger partial charge in [0.05, 0.1) is 12.7 Å². The van der Waals surface area contributed by atoms with Gasteiger partial charge in [0, 0.05) is 12.2 Å². The first kappa shape index (κ1) is 18.7. The molecule has 6 heteroatoms. The Bertz CT molecular complexity index is 261. The quantitative estimate of drug-likeness (QED) is 0.501. The third-order valence-corrected chi connectivity index (χ3v) is 1.56. The summed E-state index contributed by atoms with van der Waals surface area (Å²) in [6, 6.07) is 0. The van der Waals surface area contributed by atoms with E-state index in [4.69, 9.17) is 10.2 Å². The molecular weight excluding hydrogens is 240 g/mol. The van der Waals surface area contributed by atoms with E-state index in [1.165, 1.54) is 0 Å². The van der Waals surface area contributed by atoms with Crippen LogP contribution < -0.4 is 0 Å². The fourth-order valence-electron chi connectivity index (χ4n) is 0.560. The van der Waals surface area contributed by atoms with Crippen LogP contribution in [0.25, 0.3) is 0 Å². The summed E-state index contributed by atoms with van der Waals surface area (Å²) >= 11 is 0. The Labute approximate surface area is 107 Å². The van der Waals surface area contributed by atoms with Gasteiger partial charge in [-0.1, -0.05) is 20.1 Å². The second-order valence-electron chi connectivity index (χ2n) is 2.99. The Hall–Kier alpha value is -1.66. The molecule has 0 aromatic heterocycles. The lowest BCUT2D eigenvalue weighted by atomic mass is 10.3. The zero-order valence-electron chi connectivity index (χ0n) is 10.5. The number of aliphatic hydroxyl groups is 2. The van der Waals surface area contributed by atoms with Crippen LogP contribution in [-0.4, -0.2) is 48.1 Å². The van der Waals surface area contributed by atoms with E-state index >= 15 is 0 Å². The van der Waals surface area contributed by atoms with Gasteiger partial charge in [0.1, 0.15) is 13.2 Å². The van der Waals surface area contributed by atoms with Crippen LogP contribution in [0.3, 0.4) is 0 Å². The molecule has 104 valence electrons. The van der Waals surface area contributed by atoms with Gasteiger partial charge in [0.15, 0.2) is 0 Å². The molecule has 0 saturated carbocycles. The van der Waals surface area contributed by atoms with Crippen molar-refractivity contribution >= 4 is 11.9 Å². The van der Waals surface area contributed by atoms with Crippen molar-refractivity contribution in [3.05, 3.63) is 25.3 Å². The van der Waals surface area contributed by atoms with Crippen molar-refractivity contribution in [3.8, 4) is 0 Å². The van der Waals surface area contributed by atoms with E-state index in [1.54, 1.807) is 0 Å². The van der Waals surface area contributed by atoms with E-state index in [0.29, 0.717) is 6.42 Å². The van der Waals surface area contributed by atoms with Gasteiger partial charge in [-0.15, -0.1) is 0 Å². The molecular formula is C12H20O6. The van der Waals surface area contributed by atoms with Crippen LogP contribution >= 0.6 is 0 Å². The maximum Gasteiger partial charge on any atom is 0.330 e. The monoisotopic (exact) mass is 260 g/mol. The highest BCUT2D eigenvalue weighted by molar-refractivity contribution is 5.81. The van der Waals surface area contributed by atoms with Gasteiger partial charge in [-0.25, -0.2) is 9.59 Å². The predicted molar refractivity (Wildman–Crippen MR) is 65.7 cm³/mol. The van der Waals surface area contributed by atoms with Crippen LogP contribution in [0, 0.1) is 0 Å². The number of hydrogen-bond acceptors (Lipinski definition) is 6. The summed E-state index contributed by atoms with van der Waals surface area (Å²) in [5.41, 5.74) is 0. The third kappa shape index (κ3) is 14.3. The largest absolute Gasteiger partial charge is 0.460 e. The minimum absolute atomic E-state index is 0.0465. The number of esters is 2. The summed E-state index contributed by atoms with van der Waals surface area (Å²) in [4.78, 5) is 20.5. The predicted octanol–water partition coefficient (Wildman–Crippen LogP) is 0.194. The summed E-state index contributed by atoms with van der Waals surface area (Å²) in [6.07, 6.45) is 2.16. The topological polar surface area (TPSA) is 93.1 Å². The highest BCUT2D eigenvalue weighted by Gasteiger charge is 2.02. The van der Waals surface area contributed by atoms with Gasteiger partial charge in [-0.3, -0.25) is 0 Å². The smallest absolute Gasteiger partial charge is 0.330 e. The fraction of sp³-hybridized carbons (Fsp3) is 0.500. The maximum atomic E-state index is 10.4. The van der Waals surface area contributed by atoms with Gasteiger partial charge in [0.25, 0.3) is 0 Å². The number of carbonyl (C=O) groups is 2. The number of ether oxygens (including phenoxy) is 2.